The largest absolute Gasteiger partial charge is 0.433 e. The molecule has 0 aromatic carbocycles. The maximum absolute atomic E-state index is 12.8. The van der Waals surface area contributed by atoms with Gasteiger partial charge in [0.1, 0.15) is 5.69 Å². The minimum Gasteiger partial charge on any atom is -0.393 e. The van der Waals surface area contributed by atoms with Crippen LogP contribution in [0.4, 0.5) is 19.1 Å². The Morgan fingerprint density at radius 2 is 2.04 bits per heavy atom. The summed E-state index contributed by atoms with van der Waals surface area (Å²) in [5.41, 5.74) is -0.211. The van der Waals surface area contributed by atoms with Crippen molar-refractivity contribution in [2.75, 3.05) is 18.0 Å². The standard InChI is InChI=1S/C15H19F3N6O/c1-10(25)8-11-9-24(22-21-11)12-3-6-23(7-4-12)14-19-5-2-13(20-14)15(16,17)18/h2,5,9-10,12,25H,3-4,6-8H2,1H3. The summed E-state index contributed by atoms with van der Waals surface area (Å²) in [4.78, 5) is 9.34. The van der Waals surface area contributed by atoms with Crippen LogP contribution in [0, 0.1) is 0 Å². The van der Waals surface area contributed by atoms with Crippen LogP contribution in [0.5, 0.6) is 0 Å². The molecular weight excluding hydrogens is 337 g/mol. The quantitative estimate of drug-likeness (QED) is 0.901. The highest BCUT2D eigenvalue weighted by Crippen LogP contribution is 2.29. The number of hydrogen-bond acceptors (Lipinski definition) is 6. The van der Waals surface area contributed by atoms with Crippen LogP contribution >= 0.6 is 0 Å². The molecule has 10 heteroatoms. The van der Waals surface area contributed by atoms with E-state index in [0.717, 1.165) is 18.0 Å². The van der Waals surface area contributed by atoms with Gasteiger partial charge in [0.05, 0.1) is 17.8 Å². The van der Waals surface area contributed by atoms with Gasteiger partial charge in [-0.15, -0.1) is 5.10 Å². The Balaban J connectivity index is 1.63. The molecule has 1 aliphatic heterocycles. The van der Waals surface area contributed by atoms with E-state index in [-0.39, 0.29) is 12.0 Å². The number of alkyl halides is 3. The number of aromatic nitrogens is 5. The van der Waals surface area contributed by atoms with Crippen LogP contribution in [-0.2, 0) is 12.6 Å². The second-order valence-corrected chi connectivity index (χ2v) is 6.20. The summed E-state index contributed by atoms with van der Waals surface area (Å²) in [6.45, 7) is 2.77. The third-order valence-corrected chi connectivity index (χ3v) is 4.12. The molecule has 1 saturated heterocycles. The van der Waals surface area contributed by atoms with Crippen molar-refractivity contribution in [3.05, 3.63) is 29.8 Å². The van der Waals surface area contributed by atoms with Crippen molar-refractivity contribution < 1.29 is 18.3 Å². The van der Waals surface area contributed by atoms with Gasteiger partial charge < -0.3 is 10.0 Å². The molecule has 3 rings (SSSR count). The fraction of sp³-hybridized carbons (Fsp3) is 0.600. The number of rotatable bonds is 4. The molecule has 136 valence electrons. The second kappa shape index (κ2) is 6.95. The molecule has 1 aliphatic rings. The van der Waals surface area contributed by atoms with E-state index in [1.807, 2.05) is 6.20 Å². The lowest BCUT2D eigenvalue weighted by molar-refractivity contribution is -0.141. The highest BCUT2D eigenvalue weighted by atomic mass is 19.4. The molecule has 0 radical (unpaired) electrons. The first-order valence-corrected chi connectivity index (χ1v) is 8.07. The van der Waals surface area contributed by atoms with Crippen molar-refractivity contribution in [1.29, 1.82) is 0 Å². The predicted octanol–water partition coefficient (Wildman–Crippen LogP) is 1.85. The molecule has 2 aromatic heterocycles. The molecule has 0 spiro atoms. The maximum atomic E-state index is 12.8. The Bertz CT molecular complexity index is 709. The summed E-state index contributed by atoms with van der Waals surface area (Å²) in [6, 6.07) is 0.993. The topological polar surface area (TPSA) is 80.0 Å². The Morgan fingerprint density at radius 1 is 1.32 bits per heavy atom. The maximum Gasteiger partial charge on any atom is 0.433 e. The highest BCUT2D eigenvalue weighted by Gasteiger charge is 2.33. The first kappa shape index (κ1) is 17.6. The van der Waals surface area contributed by atoms with Gasteiger partial charge in [-0.2, -0.15) is 13.2 Å². The van der Waals surface area contributed by atoms with E-state index < -0.39 is 18.0 Å². The number of aliphatic hydroxyl groups excluding tert-OH is 1. The summed E-state index contributed by atoms with van der Waals surface area (Å²) in [6.07, 6.45) is -0.155. The predicted molar refractivity (Wildman–Crippen MR) is 82.9 cm³/mol. The molecule has 7 nitrogen and oxygen atoms in total. The van der Waals surface area contributed by atoms with E-state index in [9.17, 15) is 18.3 Å². The van der Waals surface area contributed by atoms with E-state index in [1.165, 1.54) is 0 Å². The van der Waals surface area contributed by atoms with Crippen LogP contribution in [0.1, 0.15) is 37.2 Å². The molecule has 0 amide bonds. The van der Waals surface area contributed by atoms with Crippen LogP contribution in [0.3, 0.4) is 0 Å². The van der Waals surface area contributed by atoms with Gasteiger partial charge in [-0.05, 0) is 25.8 Å². The lowest BCUT2D eigenvalue weighted by Gasteiger charge is -2.31. The number of piperidine rings is 1. The average Bonchev–Trinajstić information content (AvgIpc) is 3.02. The van der Waals surface area contributed by atoms with Crippen molar-refractivity contribution in [1.82, 2.24) is 25.0 Å². The molecule has 25 heavy (non-hydrogen) atoms. The molecule has 0 saturated carbocycles. The Hall–Kier alpha value is -2.23. The summed E-state index contributed by atoms with van der Waals surface area (Å²) < 4.78 is 40.1. The molecule has 1 atom stereocenters. The lowest BCUT2D eigenvalue weighted by Crippen LogP contribution is -2.36. The fourth-order valence-corrected chi connectivity index (χ4v) is 2.88. The zero-order valence-electron chi connectivity index (χ0n) is 13.7. The molecular formula is C15H19F3N6O. The van der Waals surface area contributed by atoms with E-state index in [4.69, 9.17) is 0 Å². The number of nitrogens with zero attached hydrogens (tertiary/aromatic N) is 6. The summed E-state index contributed by atoms with van der Waals surface area (Å²) in [5.74, 6) is 0.0988. The SMILES string of the molecule is CC(O)Cc1cn(C2CCN(c3nccc(C(F)(F)F)n3)CC2)nn1. The lowest BCUT2D eigenvalue weighted by atomic mass is 10.1. The molecule has 1 unspecified atom stereocenters. The van der Waals surface area contributed by atoms with Crippen LogP contribution < -0.4 is 4.90 Å². The normalized spacial score (nSPS) is 17.7. The molecule has 2 aromatic rings. The van der Waals surface area contributed by atoms with Crippen molar-refractivity contribution >= 4 is 5.95 Å². The zero-order valence-corrected chi connectivity index (χ0v) is 13.7. The van der Waals surface area contributed by atoms with Crippen molar-refractivity contribution in [2.24, 2.45) is 0 Å². The second-order valence-electron chi connectivity index (χ2n) is 6.20. The number of anilines is 1. The van der Waals surface area contributed by atoms with Gasteiger partial charge in [-0.3, -0.25) is 0 Å². The molecule has 1 N–H and O–H groups in total. The first-order valence-electron chi connectivity index (χ1n) is 8.07. The van der Waals surface area contributed by atoms with E-state index in [1.54, 1.807) is 16.5 Å². The first-order chi connectivity index (χ1) is 11.8. The molecule has 0 bridgehead atoms. The highest BCUT2D eigenvalue weighted by molar-refractivity contribution is 5.31. The Labute approximate surface area is 142 Å². The summed E-state index contributed by atoms with van der Waals surface area (Å²) in [7, 11) is 0. The van der Waals surface area contributed by atoms with Crippen molar-refractivity contribution in [3.63, 3.8) is 0 Å². The Kier molecular flexibility index (Phi) is 4.89. The van der Waals surface area contributed by atoms with E-state index in [0.29, 0.717) is 32.4 Å². The van der Waals surface area contributed by atoms with Gasteiger partial charge in [0.2, 0.25) is 5.95 Å². The molecule has 3 heterocycles. The van der Waals surface area contributed by atoms with Gasteiger partial charge >= 0.3 is 6.18 Å². The van der Waals surface area contributed by atoms with Gasteiger partial charge in [-0.25, -0.2) is 14.6 Å². The number of hydrogen-bond donors (Lipinski definition) is 1. The van der Waals surface area contributed by atoms with Crippen LogP contribution in [0.25, 0.3) is 0 Å². The zero-order chi connectivity index (χ0) is 18.0. The van der Waals surface area contributed by atoms with Crippen molar-refractivity contribution in [3.8, 4) is 0 Å². The third kappa shape index (κ3) is 4.25. The van der Waals surface area contributed by atoms with Crippen LogP contribution in [0.2, 0.25) is 0 Å². The van der Waals surface area contributed by atoms with Gasteiger partial charge in [0.25, 0.3) is 0 Å². The monoisotopic (exact) mass is 356 g/mol. The number of halogens is 3. The fourth-order valence-electron chi connectivity index (χ4n) is 2.88. The molecule has 1 fully saturated rings. The van der Waals surface area contributed by atoms with Gasteiger partial charge in [0.15, 0.2) is 0 Å². The molecule has 0 aliphatic carbocycles. The van der Waals surface area contributed by atoms with Crippen LogP contribution in [-0.4, -0.2) is 49.3 Å². The van der Waals surface area contributed by atoms with Crippen LogP contribution in [0.15, 0.2) is 18.5 Å². The Morgan fingerprint density at radius 3 is 2.68 bits per heavy atom. The van der Waals surface area contributed by atoms with Gasteiger partial charge in [0, 0.05) is 31.9 Å². The van der Waals surface area contributed by atoms with E-state index >= 15 is 0 Å². The smallest absolute Gasteiger partial charge is 0.393 e. The average molecular weight is 356 g/mol. The van der Waals surface area contributed by atoms with Crippen molar-refractivity contribution in [2.45, 2.75) is 44.5 Å². The minimum absolute atomic E-state index is 0.0988. The third-order valence-electron chi connectivity index (χ3n) is 4.12. The summed E-state index contributed by atoms with van der Waals surface area (Å²) in [5, 5.41) is 17.5. The summed E-state index contributed by atoms with van der Waals surface area (Å²) >= 11 is 0. The minimum atomic E-state index is -4.48. The van der Waals surface area contributed by atoms with E-state index in [2.05, 4.69) is 20.3 Å². The van der Waals surface area contributed by atoms with Gasteiger partial charge in [-0.1, -0.05) is 5.21 Å². The number of aliphatic hydroxyl groups is 1.